The summed E-state index contributed by atoms with van der Waals surface area (Å²) in [6.45, 7) is 1.99. The molecule has 7 heteroatoms. The van der Waals surface area contributed by atoms with Crippen LogP contribution in [0.1, 0.15) is 36.5 Å². The third-order valence-electron chi connectivity index (χ3n) is 3.68. The Morgan fingerprint density at radius 1 is 1.35 bits per heavy atom. The van der Waals surface area contributed by atoms with Crippen molar-refractivity contribution in [3.63, 3.8) is 0 Å². The number of aromatic hydroxyl groups is 1. The molecule has 0 amide bonds. The van der Waals surface area contributed by atoms with Gasteiger partial charge in [-0.15, -0.1) is 0 Å². The van der Waals surface area contributed by atoms with Gasteiger partial charge >= 0.3 is 5.97 Å². The summed E-state index contributed by atoms with van der Waals surface area (Å²) in [4.78, 5) is 10.8. The first-order valence-corrected chi connectivity index (χ1v) is 7.88. The molecule has 1 fully saturated rings. The lowest BCUT2D eigenvalue weighted by atomic mass is 10.1. The van der Waals surface area contributed by atoms with E-state index in [1.807, 2.05) is 6.92 Å². The Kier molecular flexibility index (Phi) is 4.01. The van der Waals surface area contributed by atoms with Gasteiger partial charge in [-0.2, -0.15) is 0 Å². The second-order valence-corrected chi connectivity index (χ2v) is 6.83. The molecule has 0 aliphatic heterocycles. The van der Waals surface area contributed by atoms with Gasteiger partial charge in [0.05, 0.1) is 4.90 Å². The molecule has 0 radical (unpaired) electrons. The number of benzene rings is 1. The molecule has 3 N–H and O–H groups in total. The smallest absolute Gasteiger partial charge is 0.339 e. The van der Waals surface area contributed by atoms with Gasteiger partial charge in [0.2, 0.25) is 10.0 Å². The first-order chi connectivity index (χ1) is 9.31. The van der Waals surface area contributed by atoms with Crippen molar-refractivity contribution in [2.24, 2.45) is 5.92 Å². The molecule has 0 spiro atoms. The number of phenols is 1. The molecule has 0 saturated heterocycles. The molecule has 2 rings (SSSR count). The molecule has 110 valence electrons. The third kappa shape index (κ3) is 2.94. The summed E-state index contributed by atoms with van der Waals surface area (Å²) in [5.41, 5.74) is -0.424. The molecule has 1 saturated carbocycles. The van der Waals surface area contributed by atoms with Crippen LogP contribution in [0.15, 0.2) is 23.1 Å². The second-order valence-electron chi connectivity index (χ2n) is 5.12. The number of sulfonamides is 1. The Hall–Kier alpha value is -1.60. The van der Waals surface area contributed by atoms with E-state index in [0.29, 0.717) is 0 Å². The maximum atomic E-state index is 12.2. The lowest BCUT2D eigenvalue weighted by Gasteiger charge is -2.17. The average Bonchev–Trinajstić information content (AvgIpc) is 2.74. The Morgan fingerprint density at radius 2 is 2.05 bits per heavy atom. The van der Waals surface area contributed by atoms with E-state index in [1.165, 1.54) is 6.07 Å². The van der Waals surface area contributed by atoms with Crippen molar-refractivity contribution in [3.8, 4) is 5.75 Å². The fraction of sp³-hybridized carbons (Fsp3) is 0.462. The number of hydrogen-bond acceptors (Lipinski definition) is 4. The molecular weight excluding hydrogens is 282 g/mol. The van der Waals surface area contributed by atoms with Gasteiger partial charge < -0.3 is 10.2 Å². The van der Waals surface area contributed by atoms with E-state index >= 15 is 0 Å². The molecule has 1 aromatic carbocycles. The molecule has 2 atom stereocenters. The van der Waals surface area contributed by atoms with E-state index in [-0.39, 0.29) is 16.9 Å². The summed E-state index contributed by atoms with van der Waals surface area (Å²) in [5, 5.41) is 18.3. The Balaban J connectivity index is 2.30. The average molecular weight is 299 g/mol. The highest BCUT2D eigenvalue weighted by atomic mass is 32.2. The fourth-order valence-corrected chi connectivity index (χ4v) is 3.85. The lowest BCUT2D eigenvalue weighted by Crippen LogP contribution is -2.36. The quantitative estimate of drug-likeness (QED) is 0.782. The topological polar surface area (TPSA) is 104 Å². The minimum Gasteiger partial charge on any atom is -0.507 e. The molecule has 0 heterocycles. The van der Waals surface area contributed by atoms with Gasteiger partial charge in [0.15, 0.2) is 0 Å². The van der Waals surface area contributed by atoms with Crippen LogP contribution in [-0.4, -0.2) is 30.6 Å². The van der Waals surface area contributed by atoms with E-state index in [1.54, 1.807) is 0 Å². The SMILES string of the molecule is CC1CCCC1NS(=O)(=O)c1ccc(O)c(C(=O)O)c1. The maximum absolute atomic E-state index is 12.2. The first kappa shape index (κ1) is 14.8. The van der Waals surface area contributed by atoms with E-state index in [2.05, 4.69) is 4.72 Å². The zero-order chi connectivity index (χ0) is 14.9. The number of hydrogen-bond donors (Lipinski definition) is 3. The van der Waals surface area contributed by atoms with Crippen LogP contribution >= 0.6 is 0 Å². The fourth-order valence-electron chi connectivity index (χ4n) is 2.44. The molecule has 6 nitrogen and oxygen atoms in total. The van der Waals surface area contributed by atoms with Gasteiger partial charge in [0.25, 0.3) is 0 Å². The van der Waals surface area contributed by atoms with Crippen LogP contribution in [0.4, 0.5) is 0 Å². The molecule has 2 unspecified atom stereocenters. The predicted octanol–water partition coefficient (Wildman–Crippen LogP) is 1.56. The largest absolute Gasteiger partial charge is 0.507 e. The van der Waals surface area contributed by atoms with Crippen molar-refractivity contribution in [1.82, 2.24) is 4.72 Å². The van der Waals surface area contributed by atoms with E-state index < -0.39 is 27.3 Å². The number of nitrogens with one attached hydrogen (secondary N) is 1. The van der Waals surface area contributed by atoms with E-state index in [4.69, 9.17) is 5.11 Å². The highest BCUT2D eigenvalue weighted by Gasteiger charge is 2.29. The highest BCUT2D eigenvalue weighted by Crippen LogP contribution is 2.27. The van der Waals surface area contributed by atoms with E-state index in [0.717, 1.165) is 31.4 Å². The van der Waals surface area contributed by atoms with Crippen molar-refractivity contribution >= 4 is 16.0 Å². The molecular formula is C13H17NO5S. The van der Waals surface area contributed by atoms with E-state index in [9.17, 15) is 18.3 Å². The van der Waals surface area contributed by atoms with Crippen LogP contribution in [0, 0.1) is 5.92 Å². The molecule has 0 bridgehead atoms. The maximum Gasteiger partial charge on any atom is 0.339 e. The van der Waals surface area contributed by atoms with Gasteiger partial charge in [0, 0.05) is 6.04 Å². The summed E-state index contributed by atoms with van der Waals surface area (Å²) in [5.74, 6) is -1.56. The molecule has 0 aromatic heterocycles. The highest BCUT2D eigenvalue weighted by molar-refractivity contribution is 7.89. The second kappa shape index (κ2) is 5.41. The number of carbonyl (C=O) groups is 1. The van der Waals surface area contributed by atoms with Gasteiger partial charge in [-0.1, -0.05) is 13.3 Å². The van der Waals surface area contributed by atoms with Crippen LogP contribution in [0.5, 0.6) is 5.75 Å². The summed E-state index contributed by atoms with van der Waals surface area (Å²) < 4.78 is 27.1. The van der Waals surface area contributed by atoms with Crippen LogP contribution < -0.4 is 4.72 Å². The molecule has 1 aliphatic rings. The summed E-state index contributed by atoms with van der Waals surface area (Å²) >= 11 is 0. The van der Waals surface area contributed by atoms with Crippen molar-refractivity contribution in [2.75, 3.05) is 0 Å². The summed E-state index contributed by atoms with van der Waals surface area (Å²) in [7, 11) is -3.77. The number of carboxylic acids is 1. The van der Waals surface area contributed by atoms with Crippen LogP contribution in [-0.2, 0) is 10.0 Å². The van der Waals surface area contributed by atoms with Crippen molar-refractivity contribution < 1.29 is 23.4 Å². The van der Waals surface area contributed by atoms with Crippen LogP contribution in [0.3, 0.4) is 0 Å². The molecule has 1 aromatic rings. The standard InChI is InChI=1S/C13H17NO5S/c1-8-3-2-4-11(8)14-20(18,19)9-5-6-12(15)10(7-9)13(16)17/h5-8,11,14-15H,2-4H2,1H3,(H,16,17). The van der Waals surface area contributed by atoms with Gasteiger partial charge in [-0.25, -0.2) is 17.9 Å². The summed E-state index contributed by atoms with van der Waals surface area (Å²) in [6.07, 6.45) is 2.73. The van der Waals surface area contributed by atoms with Crippen LogP contribution in [0.25, 0.3) is 0 Å². The van der Waals surface area contributed by atoms with Crippen molar-refractivity contribution in [3.05, 3.63) is 23.8 Å². The predicted molar refractivity (Wildman–Crippen MR) is 72.2 cm³/mol. The normalized spacial score (nSPS) is 22.9. The molecule has 20 heavy (non-hydrogen) atoms. The number of aromatic carboxylic acids is 1. The Labute approximate surface area is 117 Å². The van der Waals surface area contributed by atoms with Crippen molar-refractivity contribution in [2.45, 2.75) is 37.1 Å². The van der Waals surface area contributed by atoms with Crippen molar-refractivity contribution in [1.29, 1.82) is 0 Å². The zero-order valence-electron chi connectivity index (χ0n) is 11.0. The van der Waals surface area contributed by atoms with Gasteiger partial charge in [0.1, 0.15) is 11.3 Å². The van der Waals surface area contributed by atoms with Gasteiger partial charge in [-0.3, -0.25) is 0 Å². The lowest BCUT2D eigenvalue weighted by molar-refractivity contribution is 0.0693. The molecule has 1 aliphatic carbocycles. The Morgan fingerprint density at radius 3 is 2.60 bits per heavy atom. The minimum atomic E-state index is -3.77. The van der Waals surface area contributed by atoms with Crippen LogP contribution in [0.2, 0.25) is 0 Å². The third-order valence-corrected chi connectivity index (χ3v) is 5.16. The number of carboxylic acid groups (broad SMARTS) is 1. The first-order valence-electron chi connectivity index (χ1n) is 6.40. The zero-order valence-corrected chi connectivity index (χ0v) is 11.9. The monoisotopic (exact) mass is 299 g/mol. The van der Waals surface area contributed by atoms with Gasteiger partial charge in [-0.05, 0) is 37.0 Å². The minimum absolute atomic E-state index is 0.123. The number of rotatable bonds is 4. The Bertz CT molecular complexity index is 626. The summed E-state index contributed by atoms with van der Waals surface area (Å²) in [6, 6.07) is 3.13.